The Labute approximate surface area is 142 Å². The quantitative estimate of drug-likeness (QED) is 0.936. The Kier molecular flexibility index (Phi) is 4.76. The lowest BCUT2D eigenvalue weighted by atomic mass is 10.1. The number of likely N-dealkylation sites (N-methyl/N-ethyl adjacent to an activating group) is 1. The van der Waals surface area contributed by atoms with E-state index in [0.717, 1.165) is 37.3 Å². The molecule has 126 valence electrons. The third kappa shape index (κ3) is 3.71. The first kappa shape index (κ1) is 16.4. The summed E-state index contributed by atoms with van der Waals surface area (Å²) in [5.41, 5.74) is 3.30. The van der Waals surface area contributed by atoms with Gasteiger partial charge >= 0.3 is 0 Å². The molecular weight excluding hydrogens is 302 g/mol. The summed E-state index contributed by atoms with van der Waals surface area (Å²) in [5.74, 6) is 0.583. The van der Waals surface area contributed by atoms with Gasteiger partial charge in [-0.1, -0.05) is 17.7 Å². The molecule has 0 unspecified atom stereocenters. The number of nitrogens with zero attached hydrogens (tertiary/aromatic N) is 4. The van der Waals surface area contributed by atoms with Gasteiger partial charge in [0.05, 0.1) is 18.1 Å². The van der Waals surface area contributed by atoms with E-state index in [9.17, 15) is 4.79 Å². The number of aromatic nitrogens is 2. The SMILES string of the molecule is Cc1ccc(C)c(C(=O)Nc2cnc(N3CCN(C)CC3)nc2)c1. The van der Waals surface area contributed by atoms with Crippen molar-refractivity contribution >= 4 is 17.5 Å². The molecular formula is C18H23N5O. The van der Waals surface area contributed by atoms with Gasteiger partial charge in [-0.05, 0) is 32.5 Å². The Bertz CT molecular complexity index is 721. The van der Waals surface area contributed by atoms with Crippen LogP contribution in [-0.2, 0) is 0 Å². The number of amides is 1. The van der Waals surface area contributed by atoms with Crippen LogP contribution in [0.15, 0.2) is 30.6 Å². The molecule has 0 aliphatic carbocycles. The molecule has 1 N–H and O–H groups in total. The number of nitrogens with one attached hydrogen (secondary N) is 1. The molecule has 1 fully saturated rings. The Hall–Kier alpha value is -2.47. The Balaban J connectivity index is 1.68. The van der Waals surface area contributed by atoms with E-state index in [4.69, 9.17) is 0 Å². The number of carbonyl (C=O) groups excluding carboxylic acids is 1. The molecule has 1 aromatic carbocycles. The largest absolute Gasteiger partial charge is 0.338 e. The standard InChI is InChI=1S/C18H23N5O/c1-13-4-5-14(2)16(10-13)17(24)21-15-11-19-18(20-12-15)23-8-6-22(3)7-9-23/h4-5,10-12H,6-9H2,1-3H3,(H,21,24). The fourth-order valence-electron chi connectivity index (χ4n) is 2.73. The topological polar surface area (TPSA) is 61.4 Å². The van der Waals surface area contributed by atoms with Crippen LogP contribution in [0.2, 0.25) is 0 Å². The van der Waals surface area contributed by atoms with Crippen LogP contribution in [0.5, 0.6) is 0 Å². The van der Waals surface area contributed by atoms with Crippen LogP contribution >= 0.6 is 0 Å². The van der Waals surface area contributed by atoms with Gasteiger partial charge in [0.1, 0.15) is 0 Å². The molecule has 0 radical (unpaired) electrons. The summed E-state index contributed by atoms with van der Waals surface area (Å²) in [6.07, 6.45) is 3.34. The lowest BCUT2D eigenvalue weighted by Gasteiger charge is -2.32. The molecule has 1 saturated heterocycles. The third-order valence-electron chi connectivity index (χ3n) is 4.32. The maximum absolute atomic E-state index is 12.4. The van der Waals surface area contributed by atoms with Crippen molar-refractivity contribution in [3.63, 3.8) is 0 Å². The van der Waals surface area contributed by atoms with Gasteiger partial charge in [0, 0.05) is 31.7 Å². The first-order valence-corrected chi connectivity index (χ1v) is 8.17. The molecule has 3 rings (SSSR count). The van der Waals surface area contributed by atoms with Crippen LogP contribution < -0.4 is 10.2 Å². The molecule has 2 aromatic rings. The minimum absolute atomic E-state index is 0.132. The van der Waals surface area contributed by atoms with E-state index in [1.807, 2.05) is 32.0 Å². The number of anilines is 2. The number of rotatable bonds is 3. The molecule has 24 heavy (non-hydrogen) atoms. The van der Waals surface area contributed by atoms with Gasteiger partial charge < -0.3 is 15.1 Å². The van der Waals surface area contributed by atoms with Crippen molar-refractivity contribution < 1.29 is 4.79 Å². The van der Waals surface area contributed by atoms with Gasteiger partial charge in [-0.15, -0.1) is 0 Å². The van der Waals surface area contributed by atoms with E-state index in [1.165, 1.54) is 0 Å². The minimum Gasteiger partial charge on any atom is -0.338 e. The highest BCUT2D eigenvalue weighted by molar-refractivity contribution is 6.05. The van der Waals surface area contributed by atoms with Crippen molar-refractivity contribution in [2.24, 2.45) is 0 Å². The summed E-state index contributed by atoms with van der Waals surface area (Å²) in [6, 6.07) is 5.85. The van der Waals surface area contributed by atoms with Crippen molar-refractivity contribution in [3.05, 3.63) is 47.3 Å². The molecule has 1 aliphatic rings. The predicted molar refractivity (Wildman–Crippen MR) is 95.6 cm³/mol. The van der Waals surface area contributed by atoms with Gasteiger partial charge in [-0.25, -0.2) is 9.97 Å². The highest BCUT2D eigenvalue weighted by atomic mass is 16.1. The van der Waals surface area contributed by atoms with Crippen molar-refractivity contribution in [1.82, 2.24) is 14.9 Å². The monoisotopic (exact) mass is 325 g/mol. The summed E-state index contributed by atoms with van der Waals surface area (Å²) >= 11 is 0. The molecule has 1 aromatic heterocycles. The summed E-state index contributed by atoms with van der Waals surface area (Å²) in [6.45, 7) is 7.77. The van der Waals surface area contributed by atoms with Crippen molar-refractivity contribution in [1.29, 1.82) is 0 Å². The normalized spacial score (nSPS) is 15.4. The van der Waals surface area contributed by atoms with Crippen LogP contribution in [-0.4, -0.2) is 54.0 Å². The fraction of sp³-hybridized carbons (Fsp3) is 0.389. The molecule has 0 bridgehead atoms. The van der Waals surface area contributed by atoms with Crippen LogP contribution in [0.1, 0.15) is 21.5 Å². The molecule has 6 nitrogen and oxygen atoms in total. The van der Waals surface area contributed by atoms with Gasteiger partial charge in [0.2, 0.25) is 5.95 Å². The summed E-state index contributed by atoms with van der Waals surface area (Å²) < 4.78 is 0. The van der Waals surface area contributed by atoms with E-state index in [-0.39, 0.29) is 5.91 Å². The average molecular weight is 325 g/mol. The second kappa shape index (κ2) is 6.97. The maximum Gasteiger partial charge on any atom is 0.256 e. The predicted octanol–water partition coefficient (Wildman–Crippen LogP) is 2.10. The van der Waals surface area contributed by atoms with Crippen molar-refractivity contribution in [2.75, 3.05) is 43.4 Å². The highest BCUT2D eigenvalue weighted by Crippen LogP contribution is 2.15. The Morgan fingerprint density at radius 2 is 1.75 bits per heavy atom. The number of aryl methyl sites for hydroxylation is 2. The minimum atomic E-state index is -0.132. The van der Waals surface area contributed by atoms with E-state index in [1.54, 1.807) is 12.4 Å². The number of piperazine rings is 1. The van der Waals surface area contributed by atoms with Crippen molar-refractivity contribution in [2.45, 2.75) is 13.8 Å². The molecule has 1 amide bonds. The van der Waals surface area contributed by atoms with Gasteiger partial charge in [0.25, 0.3) is 5.91 Å². The second-order valence-electron chi connectivity index (χ2n) is 6.33. The number of hydrogen-bond acceptors (Lipinski definition) is 5. The molecule has 6 heteroatoms. The Morgan fingerprint density at radius 1 is 1.08 bits per heavy atom. The van der Waals surface area contributed by atoms with E-state index < -0.39 is 0 Å². The summed E-state index contributed by atoms with van der Waals surface area (Å²) in [5, 5.41) is 2.87. The summed E-state index contributed by atoms with van der Waals surface area (Å²) in [7, 11) is 2.12. The summed E-state index contributed by atoms with van der Waals surface area (Å²) in [4.78, 5) is 25.7. The lowest BCUT2D eigenvalue weighted by Crippen LogP contribution is -2.45. The Morgan fingerprint density at radius 3 is 2.42 bits per heavy atom. The molecule has 1 aliphatic heterocycles. The van der Waals surface area contributed by atoms with Gasteiger partial charge in [0.15, 0.2) is 0 Å². The number of carbonyl (C=O) groups is 1. The zero-order chi connectivity index (χ0) is 17.1. The lowest BCUT2D eigenvalue weighted by molar-refractivity contribution is 0.102. The molecule has 2 heterocycles. The number of benzene rings is 1. The van der Waals surface area contributed by atoms with E-state index >= 15 is 0 Å². The van der Waals surface area contributed by atoms with Crippen LogP contribution in [0.4, 0.5) is 11.6 Å². The maximum atomic E-state index is 12.4. The molecule has 0 saturated carbocycles. The molecule has 0 spiro atoms. The van der Waals surface area contributed by atoms with Gasteiger partial charge in [-0.3, -0.25) is 4.79 Å². The smallest absolute Gasteiger partial charge is 0.256 e. The van der Waals surface area contributed by atoms with Crippen molar-refractivity contribution in [3.8, 4) is 0 Å². The average Bonchev–Trinajstić information content (AvgIpc) is 2.58. The third-order valence-corrected chi connectivity index (χ3v) is 4.32. The van der Waals surface area contributed by atoms with Crippen LogP contribution in [0.3, 0.4) is 0 Å². The second-order valence-corrected chi connectivity index (χ2v) is 6.33. The zero-order valence-electron chi connectivity index (χ0n) is 14.4. The van der Waals surface area contributed by atoms with E-state index in [0.29, 0.717) is 17.2 Å². The first-order chi connectivity index (χ1) is 11.5. The van der Waals surface area contributed by atoms with E-state index in [2.05, 4.69) is 32.1 Å². The zero-order valence-corrected chi connectivity index (χ0v) is 14.4. The molecule has 0 atom stereocenters. The first-order valence-electron chi connectivity index (χ1n) is 8.17. The van der Waals surface area contributed by atoms with Gasteiger partial charge in [-0.2, -0.15) is 0 Å². The highest BCUT2D eigenvalue weighted by Gasteiger charge is 2.16. The number of hydrogen-bond donors (Lipinski definition) is 1. The van der Waals surface area contributed by atoms with Crippen LogP contribution in [0, 0.1) is 13.8 Å². The fourth-order valence-corrected chi connectivity index (χ4v) is 2.73. The van der Waals surface area contributed by atoms with Crippen LogP contribution in [0.25, 0.3) is 0 Å².